The zero-order valence-corrected chi connectivity index (χ0v) is 10.6. The van der Waals surface area contributed by atoms with Crippen molar-refractivity contribution in [1.82, 2.24) is 10.3 Å². The SMILES string of the molecule is Cc1ccc2c(C3CNCC(C)C3)c[nH]c2c1. The average molecular weight is 228 g/mol. The summed E-state index contributed by atoms with van der Waals surface area (Å²) in [6.45, 7) is 6.76. The highest BCUT2D eigenvalue weighted by Crippen LogP contribution is 2.31. The smallest absolute Gasteiger partial charge is 0.0459 e. The molecule has 2 heterocycles. The van der Waals surface area contributed by atoms with Crippen LogP contribution in [-0.4, -0.2) is 18.1 Å². The maximum atomic E-state index is 3.54. The van der Waals surface area contributed by atoms with Crippen molar-refractivity contribution in [3.63, 3.8) is 0 Å². The number of piperidine rings is 1. The van der Waals surface area contributed by atoms with E-state index in [-0.39, 0.29) is 0 Å². The predicted molar refractivity (Wildman–Crippen MR) is 72.4 cm³/mol. The molecule has 2 aromatic rings. The average Bonchev–Trinajstić information content (AvgIpc) is 2.71. The molecule has 1 fully saturated rings. The maximum absolute atomic E-state index is 3.54. The van der Waals surface area contributed by atoms with E-state index in [0.29, 0.717) is 5.92 Å². The molecule has 2 heteroatoms. The highest BCUT2D eigenvalue weighted by Gasteiger charge is 2.22. The Bertz CT molecular complexity index is 527. The topological polar surface area (TPSA) is 27.8 Å². The number of aromatic amines is 1. The van der Waals surface area contributed by atoms with E-state index in [1.165, 1.54) is 28.5 Å². The van der Waals surface area contributed by atoms with Crippen molar-refractivity contribution in [1.29, 1.82) is 0 Å². The molecule has 0 saturated carbocycles. The van der Waals surface area contributed by atoms with Gasteiger partial charge in [0.1, 0.15) is 0 Å². The zero-order valence-electron chi connectivity index (χ0n) is 10.6. The van der Waals surface area contributed by atoms with E-state index >= 15 is 0 Å². The molecule has 0 radical (unpaired) electrons. The van der Waals surface area contributed by atoms with E-state index in [4.69, 9.17) is 0 Å². The fourth-order valence-corrected chi connectivity index (χ4v) is 2.99. The Morgan fingerprint density at radius 3 is 2.94 bits per heavy atom. The lowest BCUT2D eigenvalue weighted by Gasteiger charge is -2.27. The fraction of sp³-hybridized carbons (Fsp3) is 0.467. The number of aryl methyl sites for hydroxylation is 1. The molecule has 0 aliphatic carbocycles. The normalized spacial score (nSPS) is 25.3. The van der Waals surface area contributed by atoms with E-state index < -0.39 is 0 Å². The van der Waals surface area contributed by atoms with Crippen LogP contribution in [0.3, 0.4) is 0 Å². The van der Waals surface area contributed by atoms with Gasteiger partial charge in [0.25, 0.3) is 0 Å². The van der Waals surface area contributed by atoms with Crippen LogP contribution >= 0.6 is 0 Å². The highest BCUT2D eigenvalue weighted by atomic mass is 14.9. The Labute approximate surface area is 102 Å². The summed E-state index contributed by atoms with van der Waals surface area (Å²) in [6.07, 6.45) is 3.50. The molecule has 2 atom stereocenters. The Kier molecular flexibility index (Phi) is 2.67. The molecule has 1 aromatic heterocycles. The molecule has 2 nitrogen and oxygen atoms in total. The summed E-state index contributed by atoms with van der Waals surface area (Å²) >= 11 is 0. The maximum Gasteiger partial charge on any atom is 0.0459 e. The van der Waals surface area contributed by atoms with E-state index in [2.05, 4.69) is 48.5 Å². The first-order chi connectivity index (χ1) is 8.24. The predicted octanol–water partition coefficient (Wildman–Crippen LogP) is 3.19. The van der Waals surface area contributed by atoms with E-state index in [1.54, 1.807) is 0 Å². The van der Waals surface area contributed by atoms with Crippen molar-refractivity contribution in [2.24, 2.45) is 5.92 Å². The minimum Gasteiger partial charge on any atom is -0.361 e. The second kappa shape index (κ2) is 4.19. The summed E-state index contributed by atoms with van der Waals surface area (Å²) in [4.78, 5) is 3.41. The molecule has 1 aliphatic heterocycles. The largest absolute Gasteiger partial charge is 0.361 e. The zero-order chi connectivity index (χ0) is 11.8. The Balaban J connectivity index is 1.99. The monoisotopic (exact) mass is 228 g/mol. The minimum atomic E-state index is 0.662. The van der Waals surface area contributed by atoms with Crippen molar-refractivity contribution >= 4 is 10.9 Å². The Morgan fingerprint density at radius 1 is 1.24 bits per heavy atom. The third-order valence-electron chi connectivity index (χ3n) is 3.88. The lowest BCUT2D eigenvalue weighted by atomic mass is 9.86. The Morgan fingerprint density at radius 2 is 2.12 bits per heavy atom. The molecule has 1 saturated heterocycles. The van der Waals surface area contributed by atoms with Gasteiger partial charge in [0, 0.05) is 23.6 Å². The number of nitrogens with one attached hydrogen (secondary N) is 2. The van der Waals surface area contributed by atoms with E-state index in [0.717, 1.165) is 19.0 Å². The fourth-order valence-electron chi connectivity index (χ4n) is 2.99. The Hall–Kier alpha value is -1.28. The van der Waals surface area contributed by atoms with Crippen LogP contribution in [0.2, 0.25) is 0 Å². The quantitative estimate of drug-likeness (QED) is 0.771. The summed E-state index contributed by atoms with van der Waals surface area (Å²) in [7, 11) is 0. The van der Waals surface area contributed by atoms with Gasteiger partial charge in [0.05, 0.1) is 0 Å². The molecule has 0 spiro atoms. The molecule has 1 aliphatic rings. The van der Waals surface area contributed by atoms with E-state index in [1.807, 2.05) is 0 Å². The van der Waals surface area contributed by atoms with Gasteiger partial charge in [-0.15, -0.1) is 0 Å². The van der Waals surface area contributed by atoms with Gasteiger partial charge in [-0.2, -0.15) is 0 Å². The van der Waals surface area contributed by atoms with Crippen LogP contribution in [0, 0.1) is 12.8 Å². The first-order valence-corrected chi connectivity index (χ1v) is 6.52. The van der Waals surface area contributed by atoms with Crippen LogP contribution < -0.4 is 5.32 Å². The van der Waals surface area contributed by atoms with Crippen LogP contribution in [0.25, 0.3) is 10.9 Å². The number of fused-ring (bicyclic) bond motifs is 1. The van der Waals surface area contributed by atoms with Gasteiger partial charge in [0.15, 0.2) is 0 Å². The molecule has 1 aromatic carbocycles. The lowest BCUT2D eigenvalue weighted by Crippen LogP contribution is -2.33. The van der Waals surface area contributed by atoms with Gasteiger partial charge in [-0.1, -0.05) is 19.1 Å². The van der Waals surface area contributed by atoms with Gasteiger partial charge in [0.2, 0.25) is 0 Å². The van der Waals surface area contributed by atoms with Crippen molar-refractivity contribution < 1.29 is 0 Å². The van der Waals surface area contributed by atoms with Crippen LogP contribution in [0.4, 0.5) is 0 Å². The van der Waals surface area contributed by atoms with Crippen LogP contribution in [0.1, 0.15) is 30.4 Å². The van der Waals surface area contributed by atoms with Gasteiger partial charge in [-0.25, -0.2) is 0 Å². The summed E-state index contributed by atoms with van der Waals surface area (Å²) in [6, 6.07) is 6.70. The van der Waals surface area contributed by atoms with Crippen molar-refractivity contribution in [3.8, 4) is 0 Å². The minimum absolute atomic E-state index is 0.662. The van der Waals surface area contributed by atoms with Crippen LogP contribution in [0.15, 0.2) is 24.4 Å². The molecule has 2 N–H and O–H groups in total. The number of H-pyrrole nitrogens is 1. The third kappa shape index (κ3) is 1.98. The standard InChI is InChI=1S/C15H20N2/c1-10-3-4-13-14(9-17-15(13)6-10)12-5-11(2)7-16-8-12/h3-4,6,9,11-12,16-17H,5,7-8H2,1-2H3. The van der Waals surface area contributed by atoms with Crippen LogP contribution in [0.5, 0.6) is 0 Å². The number of aromatic nitrogens is 1. The summed E-state index contributed by atoms with van der Waals surface area (Å²) in [5.74, 6) is 1.44. The first kappa shape index (κ1) is 10.8. The van der Waals surface area contributed by atoms with Crippen molar-refractivity contribution in [2.45, 2.75) is 26.2 Å². The third-order valence-corrected chi connectivity index (χ3v) is 3.88. The number of benzene rings is 1. The molecule has 17 heavy (non-hydrogen) atoms. The molecule has 0 bridgehead atoms. The summed E-state index contributed by atoms with van der Waals surface area (Å²) in [5.41, 5.74) is 4.08. The summed E-state index contributed by atoms with van der Waals surface area (Å²) in [5, 5.41) is 4.93. The van der Waals surface area contributed by atoms with Gasteiger partial charge < -0.3 is 10.3 Å². The van der Waals surface area contributed by atoms with E-state index in [9.17, 15) is 0 Å². The molecule has 0 amide bonds. The molecule has 3 rings (SSSR count). The van der Waals surface area contributed by atoms with Gasteiger partial charge in [-0.3, -0.25) is 0 Å². The number of hydrogen-bond acceptors (Lipinski definition) is 1. The number of rotatable bonds is 1. The summed E-state index contributed by atoms with van der Waals surface area (Å²) < 4.78 is 0. The second-order valence-electron chi connectivity index (χ2n) is 5.49. The molecule has 90 valence electrons. The van der Waals surface area contributed by atoms with Crippen molar-refractivity contribution in [2.75, 3.05) is 13.1 Å². The van der Waals surface area contributed by atoms with Gasteiger partial charge in [-0.05, 0) is 48.9 Å². The van der Waals surface area contributed by atoms with Crippen molar-refractivity contribution in [3.05, 3.63) is 35.5 Å². The first-order valence-electron chi connectivity index (χ1n) is 6.52. The molecular formula is C15H20N2. The highest BCUT2D eigenvalue weighted by molar-refractivity contribution is 5.84. The lowest BCUT2D eigenvalue weighted by molar-refractivity contribution is 0.365. The van der Waals surface area contributed by atoms with Gasteiger partial charge >= 0.3 is 0 Å². The molecular weight excluding hydrogens is 208 g/mol. The second-order valence-corrected chi connectivity index (χ2v) is 5.49. The molecule has 2 unspecified atom stereocenters. The number of hydrogen-bond donors (Lipinski definition) is 2. The van der Waals surface area contributed by atoms with Crippen LogP contribution in [-0.2, 0) is 0 Å².